The van der Waals surface area contributed by atoms with Crippen molar-refractivity contribution >= 4 is 40.9 Å². The van der Waals surface area contributed by atoms with E-state index in [4.69, 9.17) is 11.6 Å². The van der Waals surface area contributed by atoms with Crippen LogP contribution in [-0.4, -0.2) is 34.9 Å². The highest BCUT2D eigenvalue weighted by Crippen LogP contribution is 2.32. The molecule has 2 aromatic rings. The van der Waals surface area contributed by atoms with Crippen LogP contribution in [0.5, 0.6) is 0 Å². The highest BCUT2D eigenvalue weighted by molar-refractivity contribution is 6.31. The number of hydrogen-bond acceptors (Lipinski definition) is 5. The molecule has 4 rings (SSSR count). The van der Waals surface area contributed by atoms with Crippen LogP contribution in [-0.2, 0) is 9.59 Å². The van der Waals surface area contributed by atoms with Crippen molar-refractivity contribution in [1.29, 1.82) is 0 Å². The summed E-state index contributed by atoms with van der Waals surface area (Å²) >= 11 is 6.14. The molecular formula is C22H26ClN5O3. The largest absolute Gasteiger partial charge is 0.342 e. The summed E-state index contributed by atoms with van der Waals surface area (Å²) in [6.07, 6.45) is 0.994. The second-order valence-electron chi connectivity index (χ2n) is 8.71. The van der Waals surface area contributed by atoms with Crippen molar-refractivity contribution in [3.63, 3.8) is 0 Å². The lowest BCUT2D eigenvalue weighted by molar-refractivity contribution is -0.123. The number of anilines is 3. The molecule has 0 spiro atoms. The summed E-state index contributed by atoms with van der Waals surface area (Å²) in [5.41, 5.74) is 1.03. The number of nitrogens with zero attached hydrogens (tertiary/aromatic N) is 2. The molecule has 31 heavy (non-hydrogen) atoms. The van der Waals surface area contributed by atoms with Gasteiger partial charge in [-0.3, -0.25) is 19.4 Å². The Labute approximate surface area is 185 Å². The number of benzene rings is 1. The Morgan fingerprint density at radius 3 is 2.65 bits per heavy atom. The van der Waals surface area contributed by atoms with E-state index >= 15 is 0 Å². The van der Waals surface area contributed by atoms with Crippen LogP contribution in [0.2, 0.25) is 5.02 Å². The van der Waals surface area contributed by atoms with Crippen LogP contribution < -0.4 is 21.1 Å². The molecule has 0 saturated carbocycles. The van der Waals surface area contributed by atoms with Gasteiger partial charge in [0.1, 0.15) is 5.82 Å². The molecule has 8 nitrogen and oxygen atoms in total. The first kappa shape index (κ1) is 21.4. The fourth-order valence-electron chi connectivity index (χ4n) is 4.53. The number of piperidine rings is 1. The van der Waals surface area contributed by atoms with Gasteiger partial charge in [-0.25, -0.2) is 0 Å². The van der Waals surface area contributed by atoms with E-state index in [1.54, 1.807) is 25.1 Å². The number of rotatable bonds is 3. The molecule has 3 atom stereocenters. The highest BCUT2D eigenvalue weighted by Gasteiger charge is 2.36. The molecule has 2 amide bonds. The Balaban J connectivity index is 1.66. The third-order valence-electron chi connectivity index (χ3n) is 5.95. The average Bonchev–Trinajstić information content (AvgIpc) is 2.69. The first-order valence-electron chi connectivity index (χ1n) is 10.5. The van der Waals surface area contributed by atoms with Gasteiger partial charge in [0.15, 0.2) is 0 Å². The third kappa shape index (κ3) is 4.30. The number of halogens is 1. The number of carbonyl (C=O) groups excluding carboxylic acids is 2. The van der Waals surface area contributed by atoms with Crippen LogP contribution in [0.3, 0.4) is 0 Å². The van der Waals surface area contributed by atoms with Crippen molar-refractivity contribution in [2.45, 2.75) is 39.5 Å². The van der Waals surface area contributed by atoms with Crippen molar-refractivity contribution in [2.75, 3.05) is 28.6 Å². The summed E-state index contributed by atoms with van der Waals surface area (Å²) in [6.45, 7) is 7.68. The van der Waals surface area contributed by atoms with E-state index in [2.05, 4.69) is 34.4 Å². The summed E-state index contributed by atoms with van der Waals surface area (Å²) in [5.74, 6) is -0.204. The van der Waals surface area contributed by atoms with E-state index < -0.39 is 17.4 Å². The van der Waals surface area contributed by atoms with E-state index in [1.807, 2.05) is 4.90 Å². The number of amides is 2. The van der Waals surface area contributed by atoms with Crippen LogP contribution in [0.4, 0.5) is 17.5 Å². The maximum Gasteiger partial charge on any atom is 0.258 e. The van der Waals surface area contributed by atoms with E-state index in [9.17, 15) is 14.4 Å². The van der Waals surface area contributed by atoms with E-state index in [-0.39, 0.29) is 23.7 Å². The Morgan fingerprint density at radius 1 is 1.23 bits per heavy atom. The second-order valence-corrected chi connectivity index (χ2v) is 9.12. The van der Waals surface area contributed by atoms with Gasteiger partial charge in [-0.2, -0.15) is 4.98 Å². The molecule has 3 unspecified atom stereocenters. The molecule has 2 aliphatic heterocycles. The monoisotopic (exact) mass is 443 g/mol. The van der Waals surface area contributed by atoms with E-state index in [0.29, 0.717) is 34.1 Å². The molecule has 1 aromatic heterocycles. The van der Waals surface area contributed by atoms with Gasteiger partial charge >= 0.3 is 0 Å². The zero-order valence-corrected chi connectivity index (χ0v) is 18.5. The van der Waals surface area contributed by atoms with E-state index in [0.717, 1.165) is 19.5 Å². The lowest BCUT2D eigenvalue weighted by Crippen LogP contribution is -2.42. The second kappa shape index (κ2) is 8.34. The van der Waals surface area contributed by atoms with Crippen molar-refractivity contribution < 1.29 is 9.59 Å². The zero-order chi connectivity index (χ0) is 22.3. The summed E-state index contributed by atoms with van der Waals surface area (Å²) < 4.78 is 0. The van der Waals surface area contributed by atoms with Crippen LogP contribution in [0.1, 0.15) is 43.7 Å². The van der Waals surface area contributed by atoms with Crippen molar-refractivity contribution in [3.05, 3.63) is 44.7 Å². The summed E-state index contributed by atoms with van der Waals surface area (Å²) in [7, 11) is 0. The molecular weight excluding hydrogens is 418 g/mol. The molecule has 0 radical (unpaired) electrons. The predicted octanol–water partition coefficient (Wildman–Crippen LogP) is 3.28. The molecule has 164 valence electrons. The summed E-state index contributed by atoms with van der Waals surface area (Å²) in [6, 6.07) is 5.19. The molecule has 3 heterocycles. The maximum atomic E-state index is 13.0. The first-order chi connectivity index (χ1) is 14.7. The van der Waals surface area contributed by atoms with Crippen LogP contribution in [0.15, 0.2) is 23.0 Å². The highest BCUT2D eigenvalue weighted by atomic mass is 35.5. The Bertz CT molecular complexity index is 1090. The molecule has 2 aliphatic rings. The number of aromatic nitrogens is 2. The zero-order valence-electron chi connectivity index (χ0n) is 17.8. The van der Waals surface area contributed by atoms with Gasteiger partial charge < -0.3 is 15.5 Å². The number of fused-ring (bicyclic) bond motifs is 1. The minimum atomic E-state index is -0.938. The Hall–Kier alpha value is -2.87. The smallest absolute Gasteiger partial charge is 0.258 e. The molecule has 3 N–H and O–H groups in total. The van der Waals surface area contributed by atoms with E-state index in [1.165, 1.54) is 0 Å². The fourth-order valence-corrected chi connectivity index (χ4v) is 4.71. The van der Waals surface area contributed by atoms with Gasteiger partial charge in [-0.15, -0.1) is 0 Å². The molecule has 1 saturated heterocycles. The summed E-state index contributed by atoms with van der Waals surface area (Å²) in [5, 5.41) is 6.00. The molecule has 1 fully saturated rings. The molecule has 1 aromatic carbocycles. The number of hydrogen-bond donors (Lipinski definition) is 3. The van der Waals surface area contributed by atoms with Gasteiger partial charge in [0.2, 0.25) is 17.8 Å². The third-order valence-corrected chi connectivity index (χ3v) is 6.36. The van der Waals surface area contributed by atoms with Crippen LogP contribution in [0, 0.1) is 18.8 Å². The van der Waals surface area contributed by atoms with Gasteiger partial charge in [0, 0.05) is 30.2 Å². The lowest BCUT2D eigenvalue weighted by Gasteiger charge is -2.35. The number of carbonyl (C=O) groups is 2. The number of H-pyrrole nitrogens is 1. The van der Waals surface area contributed by atoms with Crippen molar-refractivity contribution in [3.8, 4) is 0 Å². The molecule has 0 bridgehead atoms. The normalized spacial score (nSPS) is 23.2. The molecule has 9 heteroatoms. The van der Waals surface area contributed by atoms with Crippen molar-refractivity contribution in [2.24, 2.45) is 11.8 Å². The van der Waals surface area contributed by atoms with Gasteiger partial charge in [0.05, 0.1) is 11.5 Å². The number of aromatic amines is 1. The SMILES string of the molecule is Cc1c(Cl)cccc1NC(=O)C1CC(=O)Nc2nc(N3CC(C)CC(C)C3)[nH]c(=O)c21. The first-order valence-corrected chi connectivity index (χ1v) is 10.9. The molecule has 0 aliphatic carbocycles. The van der Waals surface area contributed by atoms with Gasteiger partial charge in [-0.1, -0.05) is 31.5 Å². The maximum absolute atomic E-state index is 13.0. The Morgan fingerprint density at radius 2 is 1.94 bits per heavy atom. The van der Waals surface area contributed by atoms with Gasteiger partial charge in [0.25, 0.3) is 5.56 Å². The standard InChI is InChI=1S/C22H26ClN5O3/c1-11-7-12(2)10-28(9-11)22-26-19-18(21(31)27-22)14(8-17(29)25-19)20(30)24-16-6-4-5-15(23)13(16)3/h4-6,11-12,14H,7-10H2,1-3H3,(H,24,30)(H2,25,26,27,29,31). The summed E-state index contributed by atoms with van der Waals surface area (Å²) in [4.78, 5) is 47.8. The van der Waals surface area contributed by atoms with Crippen LogP contribution >= 0.6 is 11.6 Å². The van der Waals surface area contributed by atoms with Crippen LogP contribution in [0.25, 0.3) is 0 Å². The number of nitrogens with one attached hydrogen (secondary N) is 3. The van der Waals surface area contributed by atoms with Crippen molar-refractivity contribution in [1.82, 2.24) is 9.97 Å². The topological polar surface area (TPSA) is 107 Å². The lowest BCUT2D eigenvalue weighted by atomic mass is 9.91. The average molecular weight is 444 g/mol. The minimum absolute atomic E-state index is 0.125. The fraction of sp³-hybridized carbons (Fsp3) is 0.455. The van der Waals surface area contributed by atoms with Gasteiger partial charge in [-0.05, 0) is 42.9 Å². The quantitative estimate of drug-likeness (QED) is 0.674. The predicted molar refractivity (Wildman–Crippen MR) is 121 cm³/mol. The Kier molecular flexibility index (Phi) is 5.75. The minimum Gasteiger partial charge on any atom is -0.342 e.